The van der Waals surface area contributed by atoms with Gasteiger partial charge in [0.25, 0.3) is 0 Å². The lowest BCUT2D eigenvalue weighted by Crippen LogP contribution is -2.31. The molecule has 0 amide bonds. The Morgan fingerprint density at radius 1 is 1.05 bits per heavy atom. The molecule has 3 nitrogen and oxygen atoms in total. The molecule has 0 heterocycles. The Morgan fingerprint density at radius 3 is 2.26 bits per heavy atom. The van der Waals surface area contributed by atoms with Crippen LogP contribution in [0, 0.1) is 5.92 Å². The summed E-state index contributed by atoms with van der Waals surface area (Å²) in [6.45, 7) is 7.02. The highest BCUT2D eigenvalue weighted by atomic mass is 32.2. The topological polar surface area (TPSA) is 46.2 Å². The zero-order valence-corrected chi connectivity index (χ0v) is 12.9. The summed E-state index contributed by atoms with van der Waals surface area (Å²) in [5.74, 6) is 0.848. The van der Waals surface area contributed by atoms with Crippen molar-refractivity contribution in [2.45, 2.75) is 44.6 Å². The standard InChI is InChI=1S/C15H25NO2S/c1-13(2)9-10-14(3)16-11-12-19(17,18)15-7-5-4-6-8-15/h4-8,13-14,16H,9-12H2,1-3H3. The minimum Gasteiger partial charge on any atom is -0.313 e. The molecule has 0 fully saturated rings. The SMILES string of the molecule is CC(C)CCC(C)NCCS(=O)(=O)c1ccccc1. The lowest BCUT2D eigenvalue weighted by molar-refractivity contribution is 0.459. The molecule has 0 aliphatic heterocycles. The minimum absolute atomic E-state index is 0.156. The highest BCUT2D eigenvalue weighted by Gasteiger charge is 2.13. The molecule has 1 atom stereocenters. The first-order chi connectivity index (χ1) is 8.92. The van der Waals surface area contributed by atoms with Gasteiger partial charge < -0.3 is 5.32 Å². The third-order valence-electron chi connectivity index (χ3n) is 3.14. The highest BCUT2D eigenvalue weighted by Crippen LogP contribution is 2.10. The summed E-state index contributed by atoms with van der Waals surface area (Å²) < 4.78 is 24.1. The number of hydrogen-bond acceptors (Lipinski definition) is 3. The van der Waals surface area contributed by atoms with Crippen LogP contribution in [0.3, 0.4) is 0 Å². The van der Waals surface area contributed by atoms with Crippen molar-refractivity contribution in [3.8, 4) is 0 Å². The Bertz CT molecular complexity index is 454. The monoisotopic (exact) mass is 283 g/mol. The Morgan fingerprint density at radius 2 is 1.68 bits per heavy atom. The summed E-state index contributed by atoms with van der Waals surface area (Å²) in [5.41, 5.74) is 0. The van der Waals surface area contributed by atoms with Crippen LogP contribution < -0.4 is 5.32 Å². The molecule has 1 aromatic rings. The van der Waals surface area contributed by atoms with Gasteiger partial charge in [0, 0.05) is 12.6 Å². The quantitative estimate of drug-likeness (QED) is 0.798. The van der Waals surface area contributed by atoms with Gasteiger partial charge >= 0.3 is 0 Å². The van der Waals surface area contributed by atoms with Gasteiger partial charge in [-0.05, 0) is 37.8 Å². The van der Waals surface area contributed by atoms with Crippen LogP contribution in [0.5, 0.6) is 0 Å². The van der Waals surface area contributed by atoms with E-state index in [0.717, 1.165) is 6.42 Å². The molecule has 1 unspecified atom stereocenters. The number of benzene rings is 1. The van der Waals surface area contributed by atoms with Crippen LogP contribution in [0.2, 0.25) is 0 Å². The van der Waals surface area contributed by atoms with Crippen LogP contribution in [0.4, 0.5) is 0 Å². The zero-order valence-electron chi connectivity index (χ0n) is 12.1. The van der Waals surface area contributed by atoms with Crippen LogP contribution >= 0.6 is 0 Å². The van der Waals surface area contributed by atoms with E-state index in [2.05, 4.69) is 26.1 Å². The van der Waals surface area contributed by atoms with E-state index < -0.39 is 9.84 Å². The maximum Gasteiger partial charge on any atom is 0.179 e. The smallest absolute Gasteiger partial charge is 0.179 e. The van der Waals surface area contributed by atoms with Gasteiger partial charge in [-0.3, -0.25) is 0 Å². The predicted octanol–water partition coefficient (Wildman–Crippen LogP) is 2.87. The minimum atomic E-state index is -3.15. The second kappa shape index (κ2) is 7.65. The van der Waals surface area contributed by atoms with Crippen molar-refractivity contribution in [2.24, 2.45) is 5.92 Å². The molecule has 0 spiro atoms. The molecule has 0 aliphatic rings. The molecule has 1 N–H and O–H groups in total. The Labute approximate surface area is 117 Å². The number of sulfone groups is 1. The van der Waals surface area contributed by atoms with Crippen molar-refractivity contribution in [2.75, 3.05) is 12.3 Å². The first kappa shape index (κ1) is 16.2. The second-order valence-electron chi connectivity index (χ2n) is 5.46. The third kappa shape index (κ3) is 6.21. The van der Waals surface area contributed by atoms with Crippen molar-refractivity contribution in [3.63, 3.8) is 0 Å². The fourth-order valence-corrected chi connectivity index (χ4v) is 3.06. The lowest BCUT2D eigenvalue weighted by atomic mass is 10.0. The van der Waals surface area contributed by atoms with E-state index in [-0.39, 0.29) is 5.75 Å². The average Bonchev–Trinajstić information content (AvgIpc) is 2.37. The van der Waals surface area contributed by atoms with E-state index in [9.17, 15) is 8.42 Å². The predicted molar refractivity (Wildman–Crippen MR) is 80.0 cm³/mol. The molecule has 0 saturated carbocycles. The first-order valence-electron chi connectivity index (χ1n) is 6.93. The number of nitrogens with one attached hydrogen (secondary N) is 1. The van der Waals surface area contributed by atoms with Gasteiger partial charge in [-0.25, -0.2) is 8.42 Å². The van der Waals surface area contributed by atoms with E-state index in [1.165, 1.54) is 6.42 Å². The summed E-state index contributed by atoms with van der Waals surface area (Å²) >= 11 is 0. The molecule has 0 aromatic heterocycles. The Hall–Kier alpha value is -0.870. The molecular formula is C15H25NO2S. The van der Waals surface area contributed by atoms with Gasteiger partial charge in [-0.1, -0.05) is 32.0 Å². The molecule has 0 radical (unpaired) electrons. The van der Waals surface area contributed by atoms with E-state index >= 15 is 0 Å². The van der Waals surface area contributed by atoms with Crippen LogP contribution in [-0.4, -0.2) is 26.8 Å². The molecule has 4 heteroatoms. The molecule has 0 aliphatic carbocycles. The van der Waals surface area contributed by atoms with Gasteiger partial charge in [0.05, 0.1) is 10.6 Å². The van der Waals surface area contributed by atoms with Crippen molar-refractivity contribution < 1.29 is 8.42 Å². The second-order valence-corrected chi connectivity index (χ2v) is 7.57. The molecule has 1 aromatic carbocycles. The number of rotatable bonds is 8. The van der Waals surface area contributed by atoms with Gasteiger partial charge in [-0.15, -0.1) is 0 Å². The molecule has 1 rings (SSSR count). The van der Waals surface area contributed by atoms with Crippen molar-refractivity contribution in [3.05, 3.63) is 30.3 Å². The van der Waals surface area contributed by atoms with Gasteiger partial charge in [0.15, 0.2) is 9.84 Å². The summed E-state index contributed by atoms with van der Waals surface area (Å²) in [4.78, 5) is 0.409. The van der Waals surface area contributed by atoms with Crippen LogP contribution in [0.15, 0.2) is 35.2 Å². The average molecular weight is 283 g/mol. The van der Waals surface area contributed by atoms with Crippen molar-refractivity contribution in [1.82, 2.24) is 5.32 Å². The fraction of sp³-hybridized carbons (Fsp3) is 0.600. The molecule has 0 saturated heterocycles. The van der Waals surface area contributed by atoms with Crippen molar-refractivity contribution >= 4 is 9.84 Å². The van der Waals surface area contributed by atoms with Gasteiger partial charge in [0.1, 0.15) is 0 Å². The van der Waals surface area contributed by atoms with Crippen LogP contribution in [0.25, 0.3) is 0 Å². The summed E-state index contributed by atoms with van der Waals surface area (Å²) in [7, 11) is -3.15. The van der Waals surface area contributed by atoms with Gasteiger partial charge in [-0.2, -0.15) is 0 Å². The summed E-state index contributed by atoms with van der Waals surface area (Å²) in [6.07, 6.45) is 2.25. The van der Waals surface area contributed by atoms with Crippen LogP contribution in [-0.2, 0) is 9.84 Å². The van der Waals surface area contributed by atoms with Crippen molar-refractivity contribution in [1.29, 1.82) is 0 Å². The fourth-order valence-electron chi connectivity index (χ4n) is 1.87. The van der Waals surface area contributed by atoms with E-state index in [1.807, 2.05) is 6.07 Å². The van der Waals surface area contributed by atoms with E-state index in [0.29, 0.717) is 23.4 Å². The molecular weight excluding hydrogens is 258 g/mol. The maximum absolute atomic E-state index is 12.0. The molecule has 108 valence electrons. The Balaban J connectivity index is 2.37. The highest BCUT2D eigenvalue weighted by molar-refractivity contribution is 7.91. The van der Waals surface area contributed by atoms with E-state index in [1.54, 1.807) is 24.3 Å². The summed E-state index contributed by atoms with van der Waals surface area (Å²) in [6, 6.07) is 9.01. The Kier molecular flexibility index (Phi) is 6.52. The molecule has 19 heavy (non-hydrogen) atoms. The summed E-state index contributed by atoms with van der Waals surface area (Å²) in [5, 5.41) is 3.28. The largest absolute Gasteiger partial charge is 0.313 e. The third-order valence-corrected chi connectivity index (χ3v) is 4.87. The number of hydrogen-bond donors (Lipinski definition) is 1. The maximum atomic E-state index is 12.0. The van der Waals surface area contributed by atoms with E-state index in [4.69, 9.17) is 0 Å². The zero-order chi connectivity index (χ0) is 14.3. The normalized spacial score (nSPS) is 13.7. The molecule has 0 bridgehead atoms. The first-order valence-corrected chi connectivity index (χ1v) is 8.58. The van der Waals surface area contributed by atoms with Crippen LogP contribution in [0.1, 0.15) is 33.6 Å². The lowest BCUT2D eigenvalue weighted by Gasteiger charge is -2.15. The van der Waals surface area contributed by atoms with Gasteiger partial charge in [0.2, 0.25) is 0 Å².